The van der Waals surface area contributed by atoms with Crippen LogP contribution in [0.15, 0.2) is 93.3 Å². The van der Waals surface area contributed by atoms with Gasteiger partial charge in [-0.05, 0) is 46.7 Å². The second-order valence-corrected chi connectivity index (χ2v) is 9.62. The Hall–Kier alpha value is -3.80. The molecule has 0 saturated heterocycles. The molecule has 1 amide bonds. The van der Waals surface area contributed by atoms with Gasteiger partial charge in [-0.1, -0.05) is 64.5 Å². The normalized spacial score (nSPS) is 10.8. The maximum absolute atomic E-state index is 12.4. The van der Waals surface area contributed by atoms with Crippen LogP contribution in [0.1, 0.15) is 16.7 Å². The second-order valence-electron chi connectivity index (χ2n) is 7.68. The predicted octanol–water partition coefficient (Wildman–Crippen LogP) is 6.30. The number of carbonyl (C=O) groups is 1. The first kappa shape index (κ1) is 25.3. The summed E-state index contributed by atoms with van der Waals surface area (Å²) in [6.07, 6.45) is 1.53. The predicted molar refractivity (Wildman–Crippen MR) is 147 cm³/mol. The average Bonchev–Trinajstić information content (AvgIpc) is 2.91. The molecule has 0 radical (unpaired) electrons. The Morgan fingerprint density at radius 2 is 1.89 bits per heavy atom. The molecule has 6 nitrogen and oxygen atoms in total. The Labute approximate surface area is 222 Å². The summed E-state index contributed by atoms with van der Waals surface area (Å²) in [5.74, 6) is 1.03. The van der Waals surface area contributed by atoms with E-state index in [1.54, 1.807) is 25.3 Å². The van der Waals surface area contributed by atoms with E-state index in [1.807, 2.05) is 48.5 Å². The number of benzene rings is 4. The first-order valence-electron chi connectivity index (χ1n) is 11.0. The number of amides is 1. The highest BCUT2D eigenvalue weighted by molar-refractivity contribution is 9.10. The first-order chi connectivity index (χ1) is 17.6. The van der Waals surface area contributed by atoms with Gasteiger partial charge in [0.2, 0.25) is 5.91 Å². The van der Waals surface area contributed by atoms with Crippen LogP contribution in [-0.2, 0) is 11.4 Å². The molecule has 0 spiro atoms. The fraction of sp³-hybridized carbons (Fsp3) is 0.107. The lowest BCUT2D eigenvalue weighted by molar-refractivity contribution is -0.118. The van der Waals surface area contributed by atoms with Crippen molar-refractivity contribution in [3.05, 3.63) is 100 Å². The fourth-order valence-electron chi connectivity index (χ4n) is 3.49. The van der Waals surface area contributed by atoms with Gasteiger partial charge in [-0.25, -0.2) is 5.43 Å². The highest BCUT2D eigenvalue weighted by Gasteiger charge is 2.13. The van der Waals surface area contributed by atoms with Crippen LogP contribution in [0.3, 0.4) is 0 Å². The van der Waals surface area contributed by atoms with E-state index in [1.165, 1.54) is 18.0 Å². The van der Waals surface area contributed by atoms with E-state index in [4.69, 9.17) is 14.7 Å². The highest BCUT2D eigenvalue weighted by Crippen LogP contribution is 2.34. The van der Waals surface area contributed by atoms with Gasteiger partial charge in [0, 0.05) is 14.9 Å². The van der Waals surface area contributed by atoms with Crippen molar-refractivity contribution < 1.29 is 14.3 Å². The lowest BCUT2D eigenvalue weighted by Gasteiger charge is -2.14. The number of rotatable bonds is 9. The van der Waals surface area contributed by atoms with Crippen LogP contribution in [-0.4, -0.2) is 25.0 Å². The van der Waals surface area contributed by atoms with Crippen LogP contribution < -0.4 is 14.9 Å². The summed E-state index contributed by atoms with van der Waals surface area (Å²) in [5.41, 5.74) is 4.71. The molecule has 0 unspecified atom stereocenters. The number of nitrogens with zero attached hydrogens (tertiary/aromatic N) is 2. The van der Waals surface area contributed by atoms with Crippen LogP contribution >= 0.6 is 27.7 Å². The van der Waals surface area contributed by atoms with Crippen molar-refractivity contribution in [1.82, 2.24) is 5.43 Å². The van der Waals surface area contributed by atoms with Crippen molar-refractivity contribution in [3.63, 3.8) is 0 Å². The topological polar surface area (TPSA) is 83.7 Å². The summed E-state index contributed by atoms with van der Waals surface area (Å²) in [6.45, 7) is 0.276. The van der Waals surface area contributed by atoms with Crippen molar-refractivity contribution in [1.29, 1.82) is 5.26 Å². The zero-order valence-corrected chi connectivity index (χ0v) is 21.8. The quantitative estimate of drug-likeness (QED) is 0.148. The summed E-state index contributed by atoms with van der Waals surface area (Å²) < 4.78 is 12.3. The molecule has 180 valence electrons. The van der Waals surface area contributed by atoms with Gasteiger partial charge < -0.3 is 9.47 Å². The molecule has 0 aliphatic carbocycles. The molecule has 0 heterocycles. The van der Waals surface area contributed by atoms with Crippen LogP contribution in [0.25, 0.3) is 10.8 Å². The maximum atomic E-state index is 12.4. The molecule has 0 aromatic heterocycles. The highest BCUT2D eigenvalue weighted by atomic mass is 79.9. The van der Waals surface area contributed by atoms with E-state index in [9.17, 15) is 4.79 Å². The molecule has 0 saturated carbocycles. The molecule has 0 aliphatic heterocycles. The van der Waals surface area contributed by atoms with Gasteiger partial charge in [0.25, 0.3) is 0 Å². The monoisotopic (exact) mass is 559 g/mol. The molecular formula is C28H22BrN3O3S. The number of hydrazone groups is 1. The van der Waals surface area contributed by atoms with Gasteiger partial charge in [0.1, 0.15) is 6.61 Å². The van der Waals surface area contributed by atoms with Gasteiger partial charge in [0.15, 0.2) is 11.5 Å². The number of ether oxygens (including phenoxy) is 2. The van der Waals surface area contributed by atoms with Crippen molar-refractivity contribution >= 4 is 50.6 Å². The average molecular weight is 560 g/mol. The number of nitrogens with one attached hydrogen (secondary N) is 1. The molecule has 0 fully saturated rings. The van der Waals surface area contributed by atoms with Gasteiger partial charge in [-0.3, -0.25) is 4.79 Å². The van der Waals surface area contributed by atoms with Crippen molar-refractivity contribution in [3.8, 4) is 17.6 Å². The van der Waals surface area contributed by atoms with E-state index in [0.717, 1.165) is 25.7 Å². The smallest absolute Gasteiger partial charge is 0.250 e. The number of fused-ring (bicyclic) bond motifs is 1. The lowest BCUT2D eigenvalue weighted by Crippen LogP contribution is -2.19. The Morgan fingerprint density at radius 3 is 2.67 bits per heavy atom. The number of thioether (sulfide) groups is 1. The minimum atomic E-state index is -0.216. The zero-order chi connectivity index (χ0) is 25.3. The Balaban J connectivity index is 1.42. The third kappa shape index (κ3) is 6.45. The van der Waals surface area contributed by atoms with E-state index in [0.29, 0.717) is 22.6 Å². The molecule has 4 rings (SSSR count). The minimum absolute atomic E-state index is 0.216. The lowest BCUT2D eigenvalue weighted by atomic mass is 10.1. The summed E-state index contributed by atoms with van der Waals surface area (Å²) >= 11 is 4.94. The van der Waals surface area contributed by atoms with E-state index >= 15 is 0 Å². The van der Waals surface area contributed by atoms with Crippen molar-refractivity contribution in [2.45, 2.75) is 11.5 Å². The van der Waals surface area contributed by atoms with Crippen LogP contribution in [0.4, 0.5) is 0 Å². The maximum Gasteiger partial charge on any atom is 0.250 e. The third-order valence-electron chi connectivity index (χ3n) is 5.24. The number of halogens is 1. The zero-order valence-electron chi connectivity index (χ0n) is 19.4. The van der Waals surface area contributed by atoms with E-state index in [-0.39, 0.29) is 18.3 Å². The number of nitriles is 1. The molecule has 36 heavy (non-hydrogen) atoms. The number of hydrogen-bond acceptors (Lipinski definition) is 6. The summed E-state index contributed by atoms with van der Waals surface area (Å²) in [5, 5.41) is 15.4. The Bertz CT molecular complexity index is 1440. The van der Waals surface area contributed by atoms with Gasteiger partial charge in [-0.2, -0.15) is 10.4 Å². The molecule has 0 bridgehead atoms. The molecule has 8 heteroatoms. The van der Waals surface area contributed by atoms with E-state index < -0.39 is 0 Å². The number of carbonyl (C=O) groups excluding carboxylic acids is 1. The molecular weight excluding hydrogens is 538 g/mol. The first-order valence-corrected chi connectivity index (χ1v) is 12.8. The van der Waals surface area contributed by atoms with Crippen molar-refractivity contribution in [2.75, 3.05) is 12.9 Å². The second kappa shape index (κ2) is 12.2. The molecule has 0 aliphatic rings. The molecule has 1 N–H and O–H groups in total. The van der Waals surface area contributed by atoms with E-state index in [2.05, 4.69) is 44.7 Å². The molecule has 4 aromatic rings. The number of methoxy groups -OCH3 is 1. The Kier molecular flexibility index (Phi) is 8.61. The Morgan fingerprint density at radius 1 is 1.11 bits per heavy atom. The third-order valence-corrected chi connectivity index (χ3v) is 6.77. The molecule has 0 atom stereocenters. The fourth-order valence-corrected chi connectivity index (χ4v) is 4.81. The van der Waals surface area contributed by atoms with Crippen LogP contribution in [0.2, 0.25) is 0 Å². The summed E-state index contributed by atoms with van der Waals surface area (Å²) in [4.78, 5) is 13.5. The van der Waals surface area contributed by atoms with Crippen molar-refractivity contribution in [2.24, 2.45) is 5.10 Å². The standard InChI is InChI=1S/C28H22BrN3O3S/c1-34-25-14-23(29)13-22(28(25)35-17-20-11-9-19(15-30)10-12-20)16-31-32-27(33)18-36-26-8-4-6-21-5-2-3-7-24(21)26/h2-14,16H,17-18H2,1H3,(H,32,33)/b31-16+. The van der Waals surface area contributed by atoms with Crippen LogP contribution in [0, 0.1) is 11.3 Å². The largest absolute Gasteiger partial charge is 0.493 e. The van der Waals surface area contributed by atoms with Gasteiger partial charge in [0.05, 0.1) is 30.7 Å². The summed E-state index contributed by atoms with van der Waals surface area (Å²) in [6, 6.07) is 27.0. The molecule has 4 aromatic carbocycles. The van der Waals surface area contributed by atoms with Crippen LogP contribution in [0.5, 0.6) is 11.5 Å². The van der Waals surface area contributed by atoms with Gasteiger partial charge >= 0.3 is 0 Å². The summed E-state index contributed by atoms with van der Waals surface area (Å²) in [7, 11) is 1.56. The SMILES string of the molecule is COc1cc(Br)cc(/C=N/NC(=O)CSc2cccc3ccccc23)c1OCc1ccc(C#N)cc1. The van der Waals surface area contributed by atoms with Gasteiger partial charge in [-0.15, -0.1) is 11.8 Å². The number of hydrogen-bond donors (Lipinski definition) is 1. The minimum Gasteiger partial charge on any atom is -0.493 e.